The van der Waals surface area contributed by atoms with Gasteiger partial charge in [0.1, 0.15) is 5.82 Å². The smallest absolute Gasteiger partial charge is 0.255 e. The van der Waals surface area contributed by atoms with E-state index in [0.29, 0.717) is 15.7 Å². The molecule has 0 atom stereocenters. The van der Waals surface area contributed by atoms with E-state index < -0.39 is 11.7 Å². The largest absolute Gasteiger partial charge is 0.319 e. The predicted molar refractivity (Wildman–Crippen MR) is 76.0 cm³/mol. The average molecular weight is 344 g/mol. The van der Waals surface area contributed by atoms with Crippen molar-refractivity contribution >= 4 is 39.1 Å². The van der Waals surface area contributed by atoms with Crippen molar-refractivity contribution in [3.8, 4) is 0 Å². The van der Waals surface area contributed by atoms with Crippen LogP contribution in [0.15, 0.2) is 34.9 Å². The molecule has 0 aliphatic heterocycles. The van der Waals surface area contributed by atoms with Crippen LogP contribution in [0.3, 0.4) is 0 Å². The van der Waals surface area contributed by atoms with E-state index in [-0.39, 0.29) is 10.7 Å². The summed E-state index contributed by atoms with van der Waals surface area (Å²) >= 11 is 9.09. The second-order valence-electron chi connectivity index (χ2n) is 3.91. The van der Waals surface area contributed by atoms with Gasteiger partial charge in [-0.05, 0) is 46.6 Å². The monoisotopic (exact) mass is 342 g/mol. The highest BCUT2D eigenvalue weighted by Crippen LogP contribution is 2.23. The van der Waals surface area contributed by atoms with Crippen molar-refractivity contribution in [1.82, 2.24) is 4.98 Å². The number of carbonyl (C=O) groups is 1. The Hall–Kier alpha value is -1.46. The summed E-state index contributed by atoms with van der Waals surface area (Å²) in [5.41, 5.74) is 1.07. The molecular weight excluding hydrogens is 335 g/mol. The van der Waals surface area contributed by atoms with Crippen molar-refractivity contribution in [3.63, 3.8) is 0 Å². The number of pyridine rings is 1. The van der Waals surface area contributed by atoms with Gasteiger partial charge in [0.05, 0.1) is 5.69 Å². The lowest BCUT2D eigenvalue weighted by Gasteiger charge is -2.07. The zero-order valence-corrected chi connectivity index (χ0v) is 12.2. The molecule has 2 aromatic rings. The summed E-state index contributed by atoms with van der Waals surface area (Å²) in [4.78, 5) is 15.8. The second kappa shape index (κ2) is 5.67. The normalized spacial score (nSPS) is 10.3. The van der Waals surface area contributed by atoms with Crippen LogP contribution in [-0.4, -0.2) is 10.9 Å². The van der Waals surface area contributed by atoms with Crippen LogP contribution < -0.4 is 5.32 Å². The molecule has 6 heteroatoms. The highest BCUT2D eigenvalue weighted by atomic mass is 79.9. The Balaban J connectivity index is 2.25. The molecule has 1 heterocycles. The van der Waals surface area contributed by atoms with Gasteiger partial charge in [0.25, 0.3) is 5.91 Å². The van der Waals surface area contributed by atoms with Gasteiger partial charge in [0, 0.05) is 16.2 Å². The summed E-state index contributed by atoms with van der Waals surface area (Å²) in [6.07, 6.45) is 1.52. The number of nitrogens with zero attached hydrogens (tertiary/aromatic N) is 1. The van der Waals surface area contributed by atoms with Crippen molar-refractivity contribution in [3.05, 3.63) is 57.0 Å². The van der Waals surface area contributed by atoms with E-state index >= 15 is 0 Å². The summed E-state index contributed by atoms with van der Waals surface area (Å²) in [6, 6.07) is 5.90. The molecule has 0 bridgehead atoms. The predicted octanol–water partition coefficient (Wildman–Crippen LogP) is 4.20. The van der Waals surface area contributed by atoms with Gasteiger partial charge in [0.15, 0.2) is 5.15 Å². The van der Waals surface area contributed by atoms with Crippen LogP contribution in [0.25, 0.3) is 0 Å². The molecule has 1 aromatic carbocycles. The number of aromatic nitrogens is 1. The molecule has 0 aliphatic carbocycles. The minimum Gasteiger partial charge on any atom is -0.319 e. The highest BCUT2D eigenvalue weighted by molar-refractivity contribution is 9.10. The van der Waals surface area contributed by atoms with Crippen LogP contribution in [0.4, 0.5) is 10.1 Å². The Labute approximate surface area is 122 Å². The summed E-state index contributed by atoms with van der Waals surface area (Å²) in [5, 5.41) is 2.75. The molecule has 19 heavy (non-hydrogen) atoms. The van der Waals surface area contributed by atoms with Gasteiger partial charge in [-0.1, -0.05) is 17.7 Å². The minimum atomic E-state index is -0.444. The summed E-state index contributed by atoms with van der Waals surface area (Å²) in [6.45, 7) is 1.63. The quantitative estimate of drug-likeness (QED) is 0.831. The Morgan fingerprint density at radius 3 is 2.84 bits per heavy atom. The van der Waals surface area contributed by atoms with Crippen LogP contribution in [0.5, 0.6) is 0 Å². The highest BCUT2D eigenvalue weighted by Gasteiger charge is 2.11. The minimum absolute atomic E-state index is 0.170. The van der Waals surface area contributed by atoms with Crippen molar-refractivity contribution in [2.24, 2.45) is 0 Å². The molecule has 1 aromatic heterocycles. The Morgan fingerprint density at radius 1 is 1.42 bits per heavy atom. The fraction of sp³-hybridized carbons (Fsp3) is 0.0769. The van der Waals surface area contributed by atoms with Gasteiger partial charge in [-0.15, -0.1) is 0 Å². The van der Waals surface area contributed by atoms with Crippen molar-refractivity contribution < 1.29 is 9.18 Å². The van der Waals surface area contributed by atoms with E-state index in [4.69, 9.17) is 11.6 Å². The molecule has 1 N–H and O–H groups in total. The van der Waals surface area contributed by atoms with Crippen molar-refractivity contribution in [1.29, 1.82) is 0 Å². The molecule has 0 saturated carbocycles. The fourth-order valence-corrected chi connectivity index (χ4v) is 1.92. The van der Waals surface area contributed by atoms with E-state index in [2.05, 4.69) is 26.2 Å². The lowest BCUT2D eigenvalue weighted by Crippen LogP contribution is -2.13. The Morgan fingerprint density at radius 2 is 2.16 bits per heavy atom. The summed E-state index contributed by atoms with van der Waals surface area (Å²) in [5.74, 6) is -0.869. The van der Waals surface area contributed by atoms with E-state index in [1.165, 1.54) is 12.3 Å². The number of hydrogen-bond acceptors (Lipinski definition) is 2. The summed E-state index contributed by atoms with van der Waals surface area (Å²) in [7, 11) is 0. The molecule has 3 nitrogen and oxygen atoms in total. The lowest BCUT2D eigenvalue weighted by molar-refractivity contribution is 0.102. The van der Waals surface area contributed by atoms with Gasteiger partial charge < -0.3 is 5.32 Å². The van der Waals surface area contributed by atoms with Crippen molar-refractivity contribution in [2.45, 2.75) is 6.92 Å². The number of halogens is 3. The van der Waals surface area contributed by atoms with E-state index in [0.717, 1.165) is 0 Å². The third-order valence-electron chi connectivity index (χ3n) is 2.49. The lowest BCUT2D eigenvalue weighted by atomic mass is 10.1. The standard InChI is InChI=1S/C13H9BrClFN2O/c1-7-2-3-8(4-10(7)16)13(19)18-11-5-9(14)6-17-12(11)15/h2-6H,1H3,(H,18,19). The van der Waals surface area contributed by atoms with Gasteiger partial charge in [-0.3, -0.25) is 4.79 Å². The first-order valence-corrected chi connectivity index (χ1v) is 6.53. The second-order valence-corrected chi connectivity index (χ2v) is 5.18. The molecule has 0 radical (unpaired) electrons. The van der Waals surface area contributed by atoms with Crippen LogP contribution >= 0.6 is 27.5 Å². The summed E-state index contributed by atoms with van der Waals surface area (Å²) < 4.78 is 14.1. The number of anilines is 1. The first kappa shape index (κ1) is 14.0. The third-order valence-corrected chi connectivity index (χ3v) is 3.22. The van der Waals surface area contributed by atoms with Gasteiger partial charge in [-0.2, -0.15) is 0 Å². The number of hydrogen-bond donors (Lipinski definition) is 1. The van der Waals surface area contributed by atoms with Gasteiger partial charge in [-0.25, -0.2) is 9.37 Å². The molecule has 0 unspecified atom stereocenters. The maximum Gasteiger partial charge on any atom is 0.255 e. The number of amides is 1. The zero-order chi connectivity index (χ0) is 14.0. The fourth-order valence-electron chi connectivity index (χ4n) is 1.44. The molecule has 1 amide bonds. The number of rotatable bonds is 2. The molecule has 0 saturated heterocycles. The number of carbonyl (C=O) groups excluding carboxylic acids is 1. The Kier molecular flexibility index (Phi) is 4.17. The molecular formula is C13H9BrClFN2O. The molecule has 0 fully saturated rings. The maximum absolute atomic E-state index is 13.4. The van der Waals surface area contributed by atoms with E-state index in [1.807, 2.05) is 0 Å². The van der Waals surface area contributed by atoms with Crippen LogP contribution in [0, 0.1) is 12.7 Å². The zero-order valence-electron chi connectivity index (χ0n) is 9.88. The van der Waals surface area contributed by atoms with Gasteiger partial charge >= 0.3 is 0 Å². The Bertz CT molecular complexity index is 649. The van der Waals surface area contributed by atoms with Crippen LogP contribution in [0.2, 0.25) is 5.15 Å². The number of benzene rings is 1. The van der Waals surface area contributed by atoms with E-state index in [1.54, 1.807) is 25.1 Å². The third kappa shape index (κ3) is 3.30. The molecule has 0 spiro atoms. The van der Waals surface area contributed by atoms with Crippen LogP contribution in [-0.2, 0) is 0 Å². The van der Waals surface area contributed by atoms with E-state index in [9.17, 15) is 9.18 Å². The average Bonchev–Trinajstić information content (AvgIpc) is 2.37. The van der Waals surface area contributed by atoms with Crippen molar-refractivity contribution in [2.75, 3.05) is 5.32 Å². The number of nitrogens with one attached hydrogen (secondary N) is 1. The maximum atomic E-state index is 13.4. The number of aryl methyl sites for hydroxylation is 1. The SMILES string of the molecule is Cc1ccc(C(=O)Nc2cc(Br)cnc2Cl)cc1F. The van der Waals surface area contributed by atoms with Gasteiger partial charge in [0.2, 0.25) is 0 Å². The van der Waals surface area contributed by atoms with Crippen LogP contribution in [0.1, 0.15) is 15.9 Å². The first-order valence-electron chi connectivity index (χ1n) is 5.36. The molecule has 0 aliphatic rings. The molecule has 2 rings (SSSR count). The topological polar surface area (TPSA) is 42.0 Å². The molecule has 98 valence electrons. The first-order chi connectivity index (χ1) is 8.97.